The van der Waals surface area contributed by atoms with Crippen LogP contribution in [0.25, 0.3) is 0 Å². The monoisotopic (exact) mass is 174 g/mol. The van der Waals surface area contributed by atoms with Gasteiger partial charge in [0.2, 0.25) is 0 Å². The topological polar surface area (TPSA) is 57.5 Å². The molecule has 0 fully saturated rings. The number of aliphatic hydroxyl groups excluding tert-OH is 1. The highest BCUT2D eigenvalue weighted by Crippen LogP contribution is 2.14. The maximum Gasteiger partial charge on any atom is 0.305 e. The first-order valence-electron chi connectivity index (χ1n) is 4.47. The van der Waals surface area contributed by atoms with Crippen molar-refractivity contribution >= 4 is 5.97 Å². The highest BCUT2D eigenvalue weighted by Gasteiger charge is 2.16. The van der Waals surface area contributed by atoms with Gasteiger partial charge < -0.3 is 10.2 Å². The van der Waals surface area contributed by atoms with Crippen molar-refractivity contribution in [2.24, 2.45) is 5.92 Å². The molecule has 0 unspecified atom stereocenters. The average molecular weight is 174 g/mol. The van der Waals surface area contributed by atoms with Crippen molar-refractivity contribution in [3.63, 3.8) is 0 Å². The zero-order valence-electron chi connectivity index (χ0n) is 7.79. The molecule has 0 aromatic heterocycles. The molecule has 0 aliphatic heterocycles. The summed E-state index contributed by atoms with van der Waals surface area (Å²) < 4.78 is 0. The van der Waals surface area contributed by atoms with E-state index in [1.807, 2.05) is 6.92 Å². The molecule has 0 amide bonds. The van der Waals surface area contributed by atoms with Crippen molar-refractivity contribution < 1.29 is 15.0 Å². The van der Waals surface area contributed by atoms with E-state index in [9.17, 15) is 9.90 Å². The summed E-state index contributed by atoms with van der Waals surface area (Å²) in [4.78, 5) is 10.2. The van der Waals surface area contributed by atoms with Crippen LogP contribution >= 0.6 is 0 Å². The summed E-state index contributed by atoms with van der Waals surface area (Å²) in [5.41, 5.74) is 0. The van der Waals surface area contributed by atoms with Crippen LogP contribution in [0.4, 0.5) is 0 Å². The lowest BCUT2D eigenvalue weighted by Crippen LogP contribution is -2.21. The smallest absolute Gasteiger partial charge is 0.305 e. The van der Waals surface area contributed by atoms with Crippen LogP contribution in [0.5, 0.6) is 0 Å². The molecule has 0 aliphatic carbocycles. The predicted molar refractivity (Wildman–Crippen MR) is 46.9 cm³/mol. The summed E-state index contributed by atoms with van der Waals surface area (Å²) in [5, 5.41) is 17.7. The van der Waals surface area contributed by atoms with Gasteiger partial charge in [-0.15, -0.1) is 0 Å². The first kappa shape index (κ1) is 11.4. The Labute approximate surface area is 73.4 Å². The van der Waals surface area contributed by atoms with Gasteiger partial charge in [-0.1, -0.05) is 26.7 Å². The summed E-state index contributed by atoms with van der Waals surface area (Å²) in [6.45, 7) is 3.97. The molecule has 0 aromatic rings. The Balaban J connectivity index is 3.60. The van der Waals surface area contributed by atoms with Crippen LogP contribution in [0.3, 0.4) is 0 Å². The standard InChI is InChI=1S/C9H18O3/c1-3-4-5-7(2)8(10)6-9(11)12/h7-8,10H,3-6H2,1-2H3,(H,11,12)/t7-,8+/m0/s1. The van der Waals surface area contributed by atoms with Crippen molar-refractivity contribution in [1.29, 1.82) is 0 Å². The summed E-state index contributed by atoms with van der Waals surface area (Å²) in [7, 11) is 0. The molecule has 3 heteroatoms. The molecule has 2 atom stereocenters. The third kappa shape index (κ3) is 5.13. The largest absolute Gasteiger partial charge is 0.481 e. The lowest BCUT2D eigenvalue weighted by Gasteiger charge is -2.16. The zero-order chi connectivity index (χ0) is 9.56. The summed E-state index contributed by atoms with van der Waals surface area (Å²) in [6.07, 6.45) is 2.23. The normalized spacial score (nSPS) is 15.6. The van der Waals surface area contributed by atoms with E-state index in [0.717, 1.165) is 19.3 Å². The van der Waals surface area contributed by atoms with E-state index in [-0.39, 0.29) is 12.3 Å². The second-order valence-electron chi connectivity index (χ2n) is 3.28. The Bertz CT molecular complexity index is 134. The maximum absolute atomic E-state index is 10.2. The Kier molecular flexibility index (Phi) is 5.72. The molecule has 0 radical (unpaired) electrons. The molecule has 72 valence electrons. The van der Waals surface area contributed by atoms with Gasteiger partial charge in [-0.25, -0.2) is 0 Å². The summed E-state index contributed by atoms with van der Waals surface area (Å²) in [6, 6.07) is 0. The fourth-order valence-electron chi connectivity index (χ4n) is 1.10. The van der Waals surface area contributed by atoms with Crippen molar-refractivity contribution in [1.82, 2.24) is 0 Å². The lowest BCUT2D eigenvalue weighted by molar-refractivity contribution is -0.139. The number of carboxylic acid groups (broad SMARTS) is 1. The van der Waals surface area contributed by atoms with Crippen LogP contribution < -0.4 is 0 Å². The first-order valence-corrected chi connectivity index (χ1v) is 4.47. The minimum absolute atomic E-state index is 0.0982. The van der Waals surface area contributed by atoms with Crippen LogP contribution in [-0.4, -0.2) is 22.3 Å². The first-order chi connectivity index (χ1) is 5.57. The number of aliphatic hydroxyl groups is 1. The molecule has 0 bridgehead atoms. The van der Waals surface area contributed by atoms with Gasteiger partial charge in [-0.2, -0.15) is 0 Å². The molecule has 0 saturated heterocycles. The zero-order valence-corrected chi connectivity index (χ0v) is 7.79. The van der Waals surface area contributed by atoms with E-state index in [2.05, 4.69) is 6.92 Å². The van der Waals surface area contributed by atoms with Crippen molar-refractivity contribution in [3.8, 4) is 0 Å². The van der Waals surface area contributed by atoms with Gasteiger partial charge in [0.05, 0.1) is 12.5 Å². The highest BCUT2D eigenvalue weighted by molar-refractivity contribution is 5.67. The third-order valence-electron chi connectivity index (χ3n) is 2.05. The quantitative estimate of drug-likeness (QED) is 0.643. The second-order valence-corrected chi connectivity index (χ2v) is 3.28. The average Bonchev–Trinajstić information content (AvgIpc) is 1.98. The van der Waals surface area contributed by atoms with Gasteiger partial charge >= 0.3 is 5.97 Å². The van der Waals surface area contributed by atoms with Gasteiger partial charge in [0, 0.05) is 0 Å². The van der Waals surface area contributed by atoms with Gasteiger partial charge in [0.15, 0.2) is 0 Å². The van der Waals surface area contributed by atoms with Crippen LogP contribution in [0.15, 0.2) is 0 Å². The van der Waals surface area contributed by atoms with E-state index in [4.69, 9.17) is 5.11 Å². The predicted octanol–water partition coefficient (Wildman–Crippen LogP) is 1.65. The molecule has 0 spiro atoms. The lowest BCUT2D eigenvalue weighted by atomic mass is 9.96. The van der Waals surface area contributed by atoms with E-state index in [1.54, 1.807) is 0 Å². The van der Waals surface area contributed by atoms with Gasteiger partial charge in [-0.05, 0) is 12.3 Å². The fraction of sp³-hybridized carbons (Fsp3) is 0.889. The number of unbranched alkanes of at least 4 members (excludes halogenated alkanes) is 1. The minimum Gasteiger partial charge on any atom is -0.481 e. The molecule has 0 aliphatic rings. The third-order valence-corrected chi connectivity index (χ3v) is 2.05. The van der Waals surface area contributed by atoms with Gasteiger partial charge in [-0.3, -0.25) is 4.79 Å². The van der Waals surface area contributed by atoms with Crippen LogP contribution in [-0.2, 0) is 4.79 Å². The van der Waals surface area contributed by atoms with E-state index in [1.165, 1.54) is 0 Å². The van der Waals surface area contributed by atoms with Gasteiger partial charge in [0.25, 0.3) is 0 Å². The SMILES string of the molecule is CCCC[C@H](C)[C@H](O)CC(=O)O. The maximum atomic E-state index is 10.2. The van der Waals surface area contributed by atoms with Crippen molar-refractivity contribution in [3.05, 3.63) is 0 Å². The number of hydrogen-bond acceptors (Lipinski definition) is 2. The van der Waals surface area contributed by atoms with Crippen molar-refractivity contribution in [2.45, 2.75) is 45.6 Å². The Morgan fingerprint density at radius 3 is 2.50 bits per heavy atom. The summed E-state index contributed by atoms with van der Waals surface area (Å²) in [5.74, 6) is -0.827. The summed E-state index contributed by atoms with van der Waals surface area (Å²) >= 11 is 0. The molecule has 0 heterocycles. The van der Waals surface area contributed by atoms with Crippen LogP contribution in [0, 0.1) is 5.92 Å². The molecule has 0 rings (SSSR count). The van der Waals surface area contributed by atoms with Crippen LogP contribution in [0.2, 0.25) is 0 Å². The molecular formula is C9H18O3. The number of hydrogen-bond donors (Lipinski definition) is 2. The second kappa shape index (κ2) is 6.00. The number of carbonyl (C=O) groups is 1. The van der Waals surface area contributed by atoms with E-state index >= 15 is 0 Å². The van der Waals surface area contributed by atoms with E-state index in [0.29, 0.717) is 0 Å². The highest BCUT2D eigenvalue weighted by atomic mass is 16.4. The molecule has 0 aromatic carbocycles. The number of carboxylic acids is 1. The Morgan fingerprint density at radius 1 is 1.50 bits per heavy atom. The molecule has 3 nitrogen and oxygen atoms in total. The molecule has 2 N–H and O–H groups in total. The Hall–Kier alpha value is -0.570. The number of aliphatic carboxylic acids is 1. The van der Waals surface area contributed by atoms with Crippen molar-refractivity contribution in [2.75, 3.05) is 0 Å². The van der Waals surface area contributed by atoms with E-state index < -0.39 is 12.1 Å². The molecule has 0 saturated carbocycles. The van der Waals surface area contributed by atoms with Gasteiger partial charge in [0.1, 0.15) is 0 Å². The van der Waals surface area contributed by atoms with Crippen LogP contribution in [0.1, 0.15) is 39.5 Å². The molecule has 12 heavy (non-hydrogen) atoms. The Morgan fingerprint density at radius 2 is 2.08 bits per heavy atom. The molecular weight excluding hydrogens is 156 g/mol. The fourth-order valence-corrected chi connectivity index (χ4v) is 1.10. The minimum atomic E-state index is -0.925. The number of rotatable bonds is 6.